The second kappa shape index (κ2) is 9.01. The van der Waals surface area contributed by atoms with E-state index >= 15 is 0 Å². The highest BCUT2D eigenvalue weighted by Crippen LogP contribution is 2.38. The van der Waals surface area contributed by atoms with Crippen LogP contribution in [0.25, 0.3) is 0 Å². The van der Waals surface area contributed by atoms with Gasteiger partial charge in [-0.2, -0.15) is 14.0 Å². The van der Waals surface area contributed by atoms with Crippen molar-refractivity contribution in [2.24, 2.45) is 5.92 Å². The molecule has 0 radical (unpaired) electrons. The number of hydrogen-bond donors (Lipinski definition) is 0. The summed E-state index contributed by atoms with van der Waals surface area (Å²) < 4.78 is 33.8. The molecule has 4 heteroatoms. The fraction of sp³-hybridized carbons (Fsp3) is 0.375. The van der Waals surface area contributed by atoms with Gasteiger partial charge in [-0.15, -0.1) is 0 Å². The molecule has 3 rings (SSSR count). The Morgan fingerprint density at radius 1 is 1.04 bits per heavy atom. The van der Waals surface area contributed by atoms with Crippen molar-refractivity contribution in [3.05, 3.63) is 77.4 Å². The van der Waals surface area contributed by atoms with Crippen molar-refractivity contribution in [2.45, 2.75) is 51.1 Å². The number of alkyl halides is 2. The third kappa shape index (κ3) is 4.98. The molecular formula is C24H25F2NO. The summed E-state index contributed by atoms with van der Waals surface area (Å²) in [5, 5.41) is 8.78. The predicted octanol–water partition coefficient (Wildman–Crippen LogP) is 6.93. The second-order valence-electron chi connectivity index (χ2n) is 7.40. The van der Waals surface area contributed by atoms with E-state index in [2.05, 4.69) is 12.2 Å². The zero-order chi connectivity index (χ0) is 20.0. The van der Waals surface area contributed by atoms with Crippen LogP contribution in [-0.4, -0.2) is 0 Å². The summed E-state index contributed by atoms with van der Waals surface area (Å²) in [6.07, 6.45) is 6.65. The molecule has 28 heavy (non-hydrogen) atoms. The van der Waals surface area contributed by atoms with Crippen LogP contribution in [0.4, 0.5) is 8.78 Å². The maximum Gasteiger partial charge on any atom is 0.426 e. The average Bonchev–Trinajstić information content (AvgIpc) is 2.73. The van der Waals surface area contributed by atoms with Gasteiger partial charge in [-0.1, -0.05) is 24.3 Å². The van der Waals surface area contributed by atoms with Crippen molar-refractivity contribution in [1.29, 1.82) is 5.26 Å². The van der Waals surface area contributed by atoms with Crippen LogP contribution in [0.1, 0.15) is 61.6 Å². The van der Waals surface area contributed by atoms with E-state index in [1.165, 1.54) is 49.2 Å². The maximum absolute atomic E-state index is 14.5. The number of hydrogen-bond acceptors (Lipinski definition) is 2. The maximum atomic E-state index is 14.5. The van der Waals surface area contributed by atoms with E-state index in [0.29, 0.717) is 11.5 Å². The third-order valence-electron chi connectivity index (χ3n) is 5.50. The summed E-state index contributed by atoms with van der Waals surface area (Å²) in [4.78, 5) is 0. The molecular weight excluding hydrogens is 356 g/mol. The number of nitriles is 1. The standard InChI is InChI=1S/C24H25F2NO/c1-2-3-4-18-5-9-20(10-6-18)21-11-13-22(14-12-21)24(25,26)28-23-15-7-19(17-27)8-16-23/h2-3,7-8,11-16,18,20H,4-6,9-10H2,1H3. The Hall–Kier alpha value is -2.67. The van der Waals surface area contributed by atoms with E-state index in [1.54, 1.807) is 0 Å². The number of benzene rings is 2. The highest BCUT2D eigenvalue weighted by molar-refractivity contribution is 5.35. The molecule has 0 N–H and O–H groups in total. The van der Waals surface area contributed by atoms with Gasteiger partial charge in [0.05, 0.1) is 17.2 Å². The van der Waals surface area contributed by atoms with Crippen molar-refractivity contribution in [2.75, 3.05) is 0 Å². The quantitative estimate of drug-likeness (QED) is 0.508. The van der Waals surface area contributed by atoms with Crippen molar-refractivity contribution >= 4 is 0 Å². The minimum Gasteiger partial charge on any atom is -0.429 e. The molecule has 0 spiro atoms. The first-order chi connectivity index (χ1) is 13.5. The van der Waals surface area contributed by atoms with Crippen LogP contribution in [0.3, 0.4) is 0 Å². The van der Waals surface area contributed by atoms with E-state index in [-0.39, 0.29) is 11.3 Å². The Bertz CT molecular complexity index is 826. The van der Waals surface area contributed by atoms with Crippen LogP contribution in [0.15, 0.2) is 60.7 Å². The minimum absolute atomic E-state index is 0.0347. The SMILES string of the molecule is CC=CCC1CCC(c2ccc(C(F)(F)Oc3ccc(C#N)cc3)cc2)CC1. The Kier molecular flexibility index (Phi) is 6.46. The van der Waals surface area contributed by atoms with Crippen LogP contribution in [0.2, 0.25) is 0 Å². The van der Waals surface area contributed by atoms with Crippen LogP contribution >= 0.6 is 0 Å². The van der Waals surface area contributed by atoms with E-state index in [0.717, 1.165) is 30.7 Å². The molecule has 0 bridgehead atoms. The molecule has 0 saturated heterocycles. The summed E-state index contributed by atoms with van der Waals surface area (Å²) in [6, 6.07) is 14.2. The van der Waals surface area contributed by atoms with Gasteiger partial charge < -0.3 is 4.74 Å². The first kappa shape index (κ1) is 20.1. The zero-order valence-corrected chi connectivity index (χ0v) is 16.1. The van der Waals surface area contributed by atoms with Gasteiger partial charge >= 0.3 is 6.11 Å². The zero-order valence-electron chi connectivity index (χ0n) is 16.1. The number of rotatable bonds is 6. The summed E-state index contributed by atoms with van der Waals surface area (Å²) >= 11 is 0. The van der Waals surface area contributed by atoms with Gasteiger partial charge in [0.1, 0.15) is 5.75 Å². The average molecular weight is 381 g/mol. The van der Waals surface area contributed by atoms with Crippen molar-refractivity contribution in [3.8, 4) is 11.8 Å². The minimum atomic E-state index is -3.42. The molecule has 1 aliphatic rings. The number of nitrogens with zero attached hydrogens (tertiary/aromatic N) is 1. The van der Waals surface area contributed by atoms with Gasteiger partial charge in [-0.25, -0.2) is 0 Å². The van der Waals surface area contributed by atoms with Crippen LogP contribution in [-0.2, 0) is 6.11 Å². The Labute approximate surface area is 165 Å². The molecule has 0 heterocycles. The Morgan fingerprint density at radius 3 is 2.25 bits per heavy atom. The van der Waals surface area contributed by atoms with Gasteiger partial charge in [0, 0.05) is 0 Å². The molecule has 0 atom stereocenters. The lowest BCUT2D eigenvalue weighted by atomic mass is 9.77. The van der Waals surface area contributed by atoms with Gasteiger partial charge in [0.25, 0.3) is 0 Å². The largest absolute Gasteiger partial charge is 0.429 e. The molecule has 0 aliphatic heterocycles. The third-order valence-corrected chi connectivity index (χ3v) is 5.50. The van der Waals surface area contributed by atoms with Gasteiger partial charge in [0.2, 0.25) is 0 Å². The molecule has 1 aliphatic carbocycles. The monoisotopic (exact) mass is 381 g/mol. The molecule has 1 saturated carbocycles. The molecule has 0 unspecified atom stereocenters. The van der Waals surface area contributed by atoms with Gasteiger partial charge in [-0.05, 0) is 92.8 Å². The Morgan fingerprint density at radius 2 is 1.68 bits per heavy atom. The smallest absolute Gasteiger partial charge is 0.426 e. The predicted molar refractivity (Wildman–Crippen MR) is 106 cm³/mol. The second-order valence-corrected chi connectivity index (χ2v) is 7.40. The summed E-state index contributed by atoms with van der Waals surface area (Å²) in [7, 11) is 0. The first-order valence-electron chi connectivity index (χ1n) is 9.80. The van der Waals surface area contributed by atoms with E-state index in [1.807, 2.05) is 25.1 Å². The molecule has 1 fully saturated rings. The number of ether oxygens (including phenoxy) is 1. The number of allylic oxidation sites excluding steroid dienone is 2. The van der Waals surface area contributed by atoms with Gasteiger partial charge in [-0.3, -0.25) is 0 Å². The van der Waals surface area contributed by atoms with E-state index in [9.17, 15) is 8.78 Å². The highest BCUT2D eigenvalue weighted by Gasteiger charge is 2.34. The Balaban J connectivity index is 1.62. The molecule has 2 aromatic carbocycles. The highest BCUT2D eigenvalue weighted by atomic mass is 19.3. The lowest BCUT2D eigenvalue weighted by Gasteiger charge is -2.28. The molecule has 2 nitrogen and oxygen atoms in total. The normalized spacial score (nSPS) is 20.1. The molecule has 0 amide bonds. The van der Waals surface area contributed by atoms with Crippen molar-refractivity contribution < 1.29 is 13.5 Å². The van der Waals surface area contributed by atoms with Crippen molar-refractivity contribution in [1.82, 2.24) is 0 Å². The van der Waals surface area contributed by atoms with E-state index < -0.39 is 6.11 Å². The summed E-state index contributed by atoms with van der Waals surface area (Å²) in [5.41, 5.74) is 1.37. The van der Waals surface area contributed by atoms with Crippen molar-refractivity contribution in [3.63, 3.8) is 0 Å². The fourth-order valence-electron chi connectivity index (χ4n) is 3.81. The lowest BCUT2D eigenvalue weighted by Crippen LogP contribution is -2.22. The summed E-state index contributed by atoms with van der Waals surface area (Å²) in [5.74, 6) is 1.23. The fourth-order valence-corrected chi connectivity index (χ4v) is 3.81. The van der Waals surface area contributed by atoms with Crippen LogP contribution in [0, 0.1) is 17.2 Å². The van der Waals surface area contributed by atoms with Crippen LogP contribution < -0.4 is 4.74 Å². The molecule has 2 aromatic rings. The topological polar surface area (TPSA) is 33.0 Å². The lowest BCUT2D eigenvalue weighted by molar-refractivity contribution is -0.185. The van der Waals surface area contributed by atoms with Crippen LogP contribution in [0.5, 0.6) is 5.75 Å². The molecule has 146 valence electrons. The molecule has 0 aromatic heterocycles. The van der Waals surface area contributed by atoms with E-state index in [4.69, 9.17) is 10.00 Å². The van der Waals surface area contributed by atoms with Gasteiger partial charge in [0.15, 0.2) is 0 Å². The first-order valence-corrected chi connectivity index (χ1v) is 9.80. The number of halogens is 2. The summed E-state index contributed by atoms with van der Waals surface area (Å²) in [6.45, 7) is 2.05.